The number of amides is 1. The van der Waals surface area contributed by atoms with Crippen LogP contribution in [0.5, 0.6) is 11.5 Å². The maximum absolute atomic E-state index is 12.6. The number of methoxy groups -OCH3 is 1. The molecule has 10 heteroatoms. The second-order valence-corrected chi connectivity index (χ2v) is 11.3. The smallest absolute Gasteiger partial charge is 0.238 e. The predicted molar refractivity (Wildman–Crippen MR) is 142 cm³/mol. The van der Waals surface area contributed by atoms with Crippen LogP contribution < -0.4 is 19.5 Å². The van der Waals surface area contributed by atoms with E-state index in [9.17, 15) is 13.2 Å². The summed E-state index contributed by atoms with van der Waals surface area (Å²) in [7, 11) is -1.95. The van der Waals surface area contributed by atoms with Crippen molar-refractivity contribution in [3.05, 3.63) is 57.0 Å². The highest BCUT2D eigenvalue weighted by molar-refractivity contribution is 9.10. The zero-order valence-electron chi connectivity index (χ0n) is 20.2. The van der Waals surface area contributed by atoms with Crippen LogP contribution in [0.2, 0.25) is 5.02 Å². The normalized spacial score (nSPS) is 12.0. The van der Waals surface area contributed by atoms with Crippen LogP contribution in [0.15, 0.2) is 40.9 Å². The molecule has 0 saturated heterocycles. The number of nitrogens with one attached hydrogen (secondary N) is 2. The Kier molecular flexibility index (Phi) is 11.4. The van der Waals surface area contributed by atoms with Gasteiger partial charge in [-0.15, -0.1) is 0 Å². The second kappa shape index (κ2) is 13.7. The third kappa shape index (κ3) is 9.37. The third-order valence-electron chi connectivity index (χ3n) is 5.00. The van der Waals surface area contributed by atoms with Crippen LogP contribution >= 0.6 is 27.5 Å². The van der Waals surface area contributed by atoms with Gasteiger partial charge in [0.25, 0.3) is 0 Å². The first kappa shape index (κ1) is 29.0. The monoisotopic (exact) mass is 584 g/mol. The van der Waals surface area contributed by atoms with Gasteiger partial charge in [0.1, 0.15) is 12.6 Å². The molecule has 35 heavy (non-hydrogen) atoms. The average molecular weight is 586 g/mol. The SMILES string of the molecule is CCS(=O)(=O)N[C@H](C(=O)NCCc1cc(Br)c(OCC#Cc2ccc(Cl)cc2)c(OC)c1)C(C)C. The fourth-order valence-corrected chi connectivity index (χ4v) is 4.71. The summed E-state index contributed by atoms with van der Waals surface area (Å²) in [5, 5.41) is 3.47. The van der Waals surface area contributed by atoms with Crippen molar-refractivity contribution in [2.24, 2.45) is 5.92 Å². The summed E-state index contributed by atoms with van der Waals surface area (Å²) in [6.07, 6.45) is 0.517. The zero-order chi connectivity index (χ0) is 26.0. The van der Waals surface area contributed by atoms with Gasteiger partial charge in [-0.05, 0) is 77.2 Å². The number of carbonyl (C=O) groups excluding carboxylic acids is 1. The van der Waals surface area contributed by atoms with Gasteiger partial charge in [0.15, 0.2) is 11.5 Å². The molecular formula is C25H30BrClN2O5S. The predicted octanol–water partition coefficient (Wildman–Crippen LogP) is 4.16. The highest BCUT2D eigenvalue weighted by atomic mass is 79.9. The molecule has 0 bridgehead atoms. The highest BCUT2D eigenvalue weighted by Gasteiger charge is 2.26. The van der Waals surface area contributed by atoms with E-state index in [0.29, 0.717) is 34.0 Å². The van der Waals surface area contributed by atoms with E-state index in [-0.39, 0.29) is 24.2 Å². The molecule has 0 aliphatic rings. The van der Waals surface area contributed by atoms with Gasteiger partial charge in [-0.2, -0.15) is 0 Å². The van der Waals surface area contributed by atoms with Crippen molar-refractivity contribution in [3.8, 4) is 23.3 Å². The molecule has 2 N–H and O–H groups in total. The van der Waals surface area contributed by atoms with Crippen molar-refractivity contribution < 1.29 is 22.7 Å². The maximum Gasteiger partial charge on any atom is 0.238 e. The van der Waals surface area contributed by atoms with Gasteiger partial charge in [-0.25, -0.2) is 13.1 Å². The molecule has 2 aromatic rings. The van der Waals surface area contributed by atoms with Crippen LogP contribution in [0.4, 0.5) is 0 Å². The number of carbonyl (C=O) groups is 1. The molecule has 2 aromatic carbocycles. The van der Waals surface area contributed by atoms with Crippen molar-refractivity contribution in [2.75, 3.05) is 26.0 Å². The minimum atomic E-state index is -3.50. The topological polar surface area (TPSA) is 93.7 Å². The fraction of sp³-hybridized carbons (Fsp3) is 0.400. The van der Waals surface area contributed by atoms with E-state index in [2.05, 4.69) is 37.8 Å². The van der Waals surface area contributed by atoms with Crippen LogP contribution in [-0.4, -0.2) is 46.4 Å². The van der Waals surface area contributed by atoms with Gasteiger partial charge in [-0.3, -0.25) is 4.79 Å². The van der Waals surface area contributed by atoms with Crippen molar-refractivity contribution in [1.82, 2.24) is 10.0 Å². The number of sulfonamides is 1. The van der Waals surface area contributed by atoms with Crippen molar-refractivity contribution in [3.63, 3.8) is 0 Å². The summed E-state index contributed by atoms with van der Waals surface area (Å²) in [6, 6.07) is 10.1. The molecule has 0 unspecified atom stereocenters. The number of hydrogen-bond donors (Lipinski definition) is 2. The molecule has 1 atom stereocenters. The number of benzene rings is 2. The van der Waals surface area contributed by atoms with E-state index in [4.69, 9.17) is 21.1 Å². The summed E-state index contributed by atoms with van der Waals surface area (Å²) in [6.45, 7) is 5.62. The molecule has 0 aromatic heterocycles. The van der Waals surface area contributed by atoms with Crippen LogP contribution in [0.25, 0.3) is 0 Å². The summed E-state index contributed by atoms with van der Waals surface area (Å²) < 4.78 is 38.2. The average Bonchev–Trinajstić information content (AvgIpc) is 2.81. The molecule has 0 saturated carbocycles. The van der Waals surface area contributed by atoms with E-state index in [1.807, 2.05) is 24.3 Å². The molecular weight excluding hydrogens is 556 g/mol. The second-order valence-electron chi connectivity index (χ2n) is 7.99. The van der Waals surface area contributed by atoms with Crippen LogP contribution in [-0.2, 0) is 21.2 Å². The Morgan fingerprint density at radius 1 is 1.20 bits per heavy atom. The van der Waals surface area contributed by atoms with E-state index < -0.39 is 16.1 Å². The van der Waals surface area contributed by atoms with Crippen molar-refractivity contribution in [2.45, 2.75) is 33.2 Å². The molecule has 7 nitrogen and oxygen atoms in total. The largest absolute Gasteiger partial charge is 0.493 e. The highest BCUT2D eigenvalue weighted by Crippen LogP contribution is 2.36. The quantitative estimate of drug-likeness (QED) is 0.386. The van der Waals surface area contributed by atoms with Gasteiger partial charge in [0.05, 0.1) is 17.3 Å². The third-order valence-corrected chi connectivity index (χ3v) is 7.22. The zero-order valence-corrected chi connectivity index (χ0v) is 23.3. The minimum Gasteiger partial charge on any atom is -0.493 e. The van der Waals surface area contributed by atoms with Gasteiger partial charge >= 0.3 is 0 Å². The number of halogens is 2. The number of hydrogen-bond acceptors (Lipinski definition) is 5. The maximum atomic E-state index is 12.6. The first-order chi connectivity index (χ1) is 16.6. The lowest BCUT2D eigenvalue weighted by molar-refractivity contribution is -0.123. The Morgan fingerprint density at radius 3 is 2.49 bits per heavy atom. The Labute approximate surface area is 221 Å². The van der Waals surface area contributed by atoms with Crippen LogP contribution in [0.3, 0.4) is 0 Å². The molecule has 2 rings (SSSR count). The first-order valence-electron chi connectivity index (χ1n) is 11.1. The molecule has 0 spiro atoms. The lowest BCUT2D eigenvalue weighted by Gasteiger charge is -2.21. The standard InChI is InChI=1S/C25H30BrClN2O5S/c1-5-35(31,32)29-23(17(2)3)25(30)28-13-12-19-15-21(26)24(22(16-19)33-4)34-14-6-7-18-8-10-20(27)11-9-18/h8-11,15-17,23,29H,5,12-14H2,1-4H3,(H,28,30)/t23-/m0/s1. The number of rotatable bonds is 11. The molecule has 0 heterocycles. The van der Waals surface area contributed by atoms with Crippen molar-refractivity contribution in [1.29, 1.82) is 0 Å². The van der Waals surface area contributed by atoms with Gasteiger partial charge in [0.2, 0.25) is 15.9 Å². The molecule has 1 amide bonds. The molecule has 0 aliphatic heterocycles. The van der Waals surface area contributed by atoms with E-state index in [0.717, 1.165) is 11.1 Å². The molecule has 0 fully saturated rings. The Balaban J connectivity index is 1.98. The van der Waals surface area contributed by atoms with Crippen LogP contribution in [0.1, 0.15) is 31.9 Å². The van der Waals surface area contributed by atoms with E-state index >= 15 is 0 Å². The fourth-order valence-electron chi connectivity index (χ4n) is 3.05. The lowest BCUT2D eigenvalue weighted by atomic mass is 10.0. The van der Waals surface area contributed by atoms with Crippen molar-refractivity contribution >= 4 is 43.5 Å². The summed E-state index contributed by atoms with van der Waals surface area (Å²) in [5.74, 6) is 6.40. The molecule has 0 aliphatic carbocycles. The van der Waals surface area contributed by atoms with E-state index in [1.54, 1.807) is 33.1 Å². The molecule has 0 radical (unpaired) electrons. The van der Waals surface area contributed by atoms with Gasteiger partial charge in [-0.1, -0.05) is 37.3 Å². The summed E-state index contributed by atoms with van der Waals surface area (Å²) in [5.41, 5.74) is 1.74. The Morgan fingerprint density at radius 2 is 1.89 bits per heavy atom. The first-order valence-corrected chi connectivity index (χ1v) is 13.9. The van der Waals surface area contributed by atoms with Gasteiger partial charge in [0, 0.05) is 17.1 Å². The number of ether oxygens (including phenoxy) is 2. The Hall–Kier alpha value is -2.25. The summed E-state index contributed by atoms with van der Waals surface area (Å²) >= 11 is 9.40. The van der Waals surface area contributed by atoms with E-state index in [1.165, 1.54) is 6.92 Å². The minimum absolute atomic E-state index is 0.0849. The van der Waals surface area contributed by atoms with Crippen LogP contribution in [0, 0.1) is 17.8 Å². The Bertz CT molecular complexity index is 1170. The molecule has 190 valence electrons. The van der Waals surface area contributed by atoms with Gasteiger partial charge < -0.3 is 14.8 Å². The lowest BCUT2D eigenvalue weighted by Crippen LogP contribution is -2.50. The summed E-state index contributed by atoms with van der Waals surface area (Å²) in [4.78, 5) is 12.6.